The summed E-state index contributed by atoms with van der Waals surface area (Å²) < 4.78 is 5.85. The molecule has 0 atom stereocenters. The van der Waals surface area contributed by atoms with Gasteiger partial charge in [0.05, 0.1) is 5.69 Å². The molecular weight excluding hydrogens is 274 g/mol. The Bertz CT molecular complexity index is 726. The molecule has 0 bridgehead atoms. The van der Waals surface area contributed by atoms with Gasteiger partial charge in [-0.1, -0.05) is 50.2 Å². The van der Waals surface area contributed by atoms with Crippen molar-refractivity contribution in [2.24, 2.45) is 0 Å². The number of amides is 1. The van der Waals surface area contributed by atoms with Crippen molar-refractivity contribution >= 4 is 11.6 Å². The van der Waals surface area contributed by atoms with Gasteiger partial charge in [-0.15, -0.1) is 0 Å². The Morgan fingerprint density at radius 1 is 1.00 bits per heavy atom. The van der Waals surface area contributed by atoms with Crippen LogP contribution in [0, 0.1) is 0 Å². The van der Waals surface area contributed by atoms with Crippen LogP contribution in [-0.2, 0) is 4.79 Å². The zero-order chi connectivity index (χ0) is 15.5. The molecule has 0 saturated heterocycles. The predicted molar refractivity (Wildman–Crippen MR) is 88.7 cm³/mol. The molecule has 1 heterocycles. The molecular formula is C19H19NO2. The summed E-state index contributed by atoms with van der Waals surface area (Å²) in [5.74, 6) is 0.995. The van der Waals surface area contributed by atoms with Crippen LogP contribution in [0.15, 0.2) is 59.9 Å². The number of rotatable bonds is 3. The number of hydrogen-bond donors (Lipinski definition) is 1. The first kappa shape index (κ1) is 14.4. The van der Waals surface area contributed by atoms with E-state index in [4.69, 9.17) is 4.74 Å². The Morgan fingerprint density at radius 2 is 1.73 bits per heavy atom. The minimum Gasteiger partial charge on any atom is -0.449 e. The van der Waals surface area contributed by atoms with E-state index in [-0.39, 0.29) is 5.91 Å². The van der Waals surface area contributed by atoms with Crippen molar-refractivity contribution in [3.05, 3.63) is 59.9 Å². The van der Waals surface area contributed by atoms with Crippen molar-refractivity contribution < 1.29 is 9.53 Å². The SMILES string of the molecule is CCC(CC)=C1Oc2ccc(-c3ccccc3)cc2NC1=O. The first-order chi connectivity index (χ1) is 10.7. The van der Waals surface area contributed by atoms with E-state index in [1.165, 1.54) is 0 Å². The minimum atomic E-state index is -0.156. The van der Waals surface area contributed by atoms with Crippen LogP contribution < -0.4 is 10.1 Å². The van der Waals surface area contributed by atoms with E-state index in [0.717, 1.165) is 35.2 Å². The van der Waals surface area contributed by atoms with Crippen LogP contribution in [0.4, 0.5) is 5.69 Å². The lowest BCUT2D eigenvalue weighted by atomic mass is 10.0. The van der Waals surface area contributed by atoms with Crippen molar-refractivity contribution in [1.82, 2.24) is 0 Å². The maximum absolute atomic E-state index is 12.3. The molecule has 2 aromatic carbocycles. The largest absolute Gasteiger partial charge is 0.449 e. The van der Waals surface area contributed by atoms with Crippen molar-refractivity contribution in [3.63, 3.8) is 0 Å². The van der Waals surface area contributed by atoms with Gasteiger partial charge in [-0.05, 0) is 41.7 Å². The molecule has 1 amide bonds. The molecule has 22 heavy (non-hydrogen) atoms. The number of carbonyl (C=O) groups is 1. The minimum absolute atomic E-state index is 0.156. The van der Waals surface area contributed by atoms with Crippen LogP contribution in [0.2, 0.25) is 0 Å². The molecule has 0 radical (unpaired) electrons. The normalized spacial score (nSPS) is 13.2. The monoisotopic (exact) mass is 293 g/mol. The molecule has 3 heteroatoms. The second-order valence-corrected chi connectivity index (χ2v) is 5.27. The van der Waals surface area contributed by atoms with E-state index in [0.29, 0.717) is 11.5 Å². The van der Waals surface area contributed by atoms with E-state index in [1.54, 1.807) is 0 Å². The maximum atomic E-state index is 12.3. The number of nitrogens with one attached hydrogen (secondary N) is 1. The second-order valence-electron chi connectivity index (χ2n) is 5.27. The lowest BCUT2D eigenvalue weighted by Gasteiger charge is -2.22. The summed E-state index contributed by atoms with van der Waals surface area (Å²) >= 11 is 0. The molecule has 0 spiro atoms. The van der Waals surface area contributed by atoms with Gasteiger partial charge in [0.25, 0.3) is 5.91 Å². The number of allylic oxidation sites excluding steroid dienone is 1. The number of hydrogen-bond acceptors (Lipinski definition) is 2. The Kier molecular flexibility index (Phi) is 3.96. The van der Waals surface area contributed by atoms with Crippen LogP contribution in [-0.4, -0.2) is 5.91 Å². The number of carbonyl (C=O) groups excluding carboxylic acids is 1. The Morgan fingerprint density at radius 3 is 2.41 bits per heavy atom. The molecule has 1 aliphatic rings. The average molecular weight is 293 g/mol. The molecule has 3 nitrogen and oxygen atoms in total. The van der Waals surface area contributed by atoms with Crippen molar-refractivity contribution in [2.45, 2.75) is 26.7 Å². The summed E-state index contributed by atoms with van der Waals surface area (Å²) in [6.45, 7) is 4.08. The third-order valence-corrected chi connectivity index (χ3v) is 3.93. The Balaban J connectivity index is 1.99. The van der Waals surface area contributed by atoms with Crippen molar-refractivity contribution in [2.75, 3.05) is 5.32 Å². The lowest BCUT2D eigenvalue weighted by molar-refractivity contribution is -0.115. The van der Waals surface area contributed by atoms with E-state index < -0.39 is 0 Å². The number of anilines is 1. The van der Waals surface area contributed by atoms with Crippen molar-refractivity contribution in [1.29, 1.82) is 0 Å². The van der Waals surface area contributed by atoms with Gasteiger partial charge in [0, 0.05) is 0 Å². The second kappa shape index (κ2) is 6.06. The van der Waals surface area contributed by atoms with Gasteiger partial charge in [-0.2, -0.15) is 0 Å². The topological polar surface area (TPSA) is 38.3 Å². The first-order valence-corrected chi connectivity index (χ1v) is 7.63. The van der Waals surface area contributed by atoms with Crippen LogP contribution in [0.1, 0.15) is 26.7 Å². The number of fused-ring (bicyclic) bond motifs is 1. The highest BCUT2D eigenvalue weighted by Crippen LogP contribution is 2.36. The fraction of sp³-hybridized carbons (Fsp3) is 0.211. The van der Waals surface area contributed by atoms with Crippen LogP contribution in [0.25, 0.3) is 11.1 Å². The molecule has 0 aromatic heterocycles. The Labute approximate surface area is 130 Å². The van der Waals surface area contributed by atoms with E-state index in [1.807, 2.05) is 62.4 Å². The molecule has 3 rings (SSSR count). The van der Waals surface area contributed by atoms with Crippen LogP contribution in [0.5, 0.6) is 5.75 Å². The van der Waals surface area contributed by atoms with Gasteiger partial charge in [-0.25, -0.2) is 0 Å². The summed E-state index contributed by atoms with van der Waals surface area (Å²) in [7, 11) is 0. The van der Waals surface area contributed by atoms with Gasteiger partial charge < -0.3 is 10.1 Å². The quantitative estimate of drug-likeness (QED) is 0.829. The third-order valence-electron chi connectivity index (χ3n) is 3.93. The predicted octanol–water partition coefficient (Wildman–Crippen LogP) is 4.76. The smallest absolute Gasteiger partial charge is 0.291 e. The van der Waals surface area contributed by atoms with Crippen LogP contribution >= 0.6 is 0 Å². The highest BCUT2D eigenvalue weighted by atomic mass is 16.5. The number of ether oxygens (including phenoxy) is 1. The number of benzene rings is 2. The highest BCUT2D eigenvalue weighted by molar-refractivity contribution is 6.06. The molecule has 0 fully saturated rings. The molecule has 0 unspecified atom stereocenters. The van der Waals surface area contributed by atoms with Crippen LogP contribution in [0.3, 0.4) is 0 Å². The standard InChI is InChI=1S/C19H19NO2/c1-3-13(4-2)18-19(21)20-16-12-15(10-11-17(16)22-18)14-8-6-5-7-9-14/h5-12H,3-4H2,1-2H3,(H,20,21). The van der Waals surface area contributed by atoms with E-state index >= 15 is 0 Å². The molecule has 1 N–H and O–H groups in total. The zero-order valence-electron chi connectivity index (χ0n) is 12.8. The van der Waals surface area contributed by atoms with Gasteiger partial charge >= 0.3 is 0 Å². The maximum Gasteiger partial charge on any atom is 0.291 e. The molecule has 0 saturated carbocycles. The average Bonchev–Trinajstić information content (AvgIpc) is 2.56. The van der Waals surface area contributed by atoms with Gasteiger partial charge in [-0.3, -0.25) is 4.79 Å². The molecule has 1 aliphatic heterocycles. The fourth-order valence-corrected chi connectivity index (χ4v) is 2.67. The molecule has 112 valence electrons. The van der Waals surface area contributed by atoms with Gasteiger partial charge in [0.2, 0.25) is 0 Å². The third kappa shape index (κ3) is 2.62. The molecule has 2 aromatic rings. The highest BCUT2D eigenvalue weighted by Gasteiger charge is 2.24. The summed E-state index contributed by atoms with van der Waals surface area (Å²) in [4.78, 5) is 12.3. The first-order valence-electron chi connectivity index (χ1n) is 7.63. The van der Waals surface area contributed by atoms with Crippen molar-refractivity contribution in [3.8, 4) is 16.9 Å². The lowest BCUT2D eigenvalue weighted by Crippen LogP contribution is -2.25. The Hall–Kier alpha value is -2.55. The zero-order valence-corrected chi connectivity index (χ0v) is 12.8. The summed E-state index contributed by atoms with van der Waals surface area (Å²) in [6, 6.07) is 16.0. The summed E-state index contributed by atoms with van der Waals surface area (Å²) in [6.07, 6.45) is 1.63. The van der Waals surface area contributed by atoms with E-state index in [9.17, 15) is 4.79 Å². The summed E-state index contributed by atoms with van der Waals surface area (Å²) in [5.41, 5.74) is 3.93. The molecule has 0 aliphatic carbocycles. The fourth-order valence-electron chi connectivity index (χ4n) is 2.67. The van der Waals surface area contributed by atoms with E-state index in [2.05, 4.69) is 5.32 Å². The summed E-state index contributed by atoms with van der Waals surface area (Å²) in [5, 5.41) is 2.95. The van der Waals surface area contributed by atoms with Gasteiger partial charge in [0.15, 0.2) is 11.5 Å². The van der Waals surface area contributed by atoms with Gasteiger partial charge in [0.1, 0.15) is 0 Å².